The van der Waals surface area contributed by atoms with Gasteiger partial charge in [-0.2, -0.15) is 0 Å². The second-order valence-electron chi connectivity index (χ2n) is 7.65. The lowest BCUT2D eigenvalue weighted by Gasteiger charge is -2.10. The van der Waals surface area contributed by atoms with Gasteiger partial charge in [0.05, 0.1) is 4.86 Å². The molecule has 4 rings (SSSR count). The molecule has 1 fully saturated rings. The Bertz CT molecular complexity index is 1010. The number of rotatable bonds is 5. The number of aromatic nitrogens is 2. The monoisotopic (exact) mass is 391 g/mol. The molecule has 144 valence electrons. The third-order valence-electron chi connectivity index (χ3n) is 5.55. The van der Waals surface area contributed by atoms with Crippen molar-refractivity contribution in [2.24, 2.45) is 0 Å². The molecule has 2 heterocycles. The van der Waals surface area contributed by atoms with Gasteiger partial charge < -0.3 is 15.3 Å². The van der Waals surface area contributed by atoms with Gasteiger partial charge in [-0.1, -0.05) is 54.9 Å². The molecule has 0 spiro atoms. The van der Waals surface area contributed by atoms with Gasteiger partial charge in [-0.15, -0.1) is 0 Å². The predicted molar refractivity (Wildman–Crippen MR) is 117 cm³/mol. The Hall–Kier alpha value is -2.66. The minimum absolute atomic E-state index is 0.0505. The average molecular weight is 392 g/mol. The summed E-state index contributed by atoms with van der Waals surface area (Å²) < 4.78 is 0. The van der Waals surface area contributed by atoms with Crippen molar-refractivity contribution in [3.05, 3.63) is 70.8 Å². The number of aromatic amines is 2. The SMILES string of the molecule is Cc1ccc(-c2c[nH]c(C)c2C(=S)c2c[nH]c(C(=O)NC3CCCC3)c2)cc1. The number of carbonyl (C=O) groups excluding carboxylic acids is 1. The summed E-state index contributed by atoms with van der Waals surface area (Å²) in [6.07, 6.45) is 8.36. The van der Waals surface area contributed by atoms with Gasteiger partial charge in [-0.3, -0.25) is 4.79 Å². The van der Waals surface area contributed by atoms with Gasteiger partial charge >= 0.3 is 0 Å². The summed E-state index contributed by atoms with van der Waals surface area (Å²) in [5.74, 6) is -0.0505. The van der Waals surface area contributed by atoms with E-state index in [0.29, 0.717) is 11.7 Å². The topological polar surface area (TPSA) is 60.7 Å². The van der Waals surface area contributed by atoms with E-state index in [1.807, 2.05) is 25.4 Å². The Labute approximate surface area is 170 Å². The molecule has 0 radical (unpaired) electrons. The molecule has 3 aromatic rings. The van der Waals surface area contributed by atoms with Crippen LogP contribution in [-0.2, 0) is 0 Å². The van der Waals surface area contributed by atoms with E-state index in [4.69, 9.17) is 12.2 Å². The molecule has 3 N–H and O–H groups in total. The highest BCUT2D eigenvalue weighted by Gasteiger charge is 2.21. The summed E-state index contributed by atoms with van der Waals surface area (Å²) in [7, 11) is 0. The summed E-state index contributed by atoms with van der Waals surface area (Å²) in [5.41, 5.74) is 6.91. The molecule has 1 amide bonds. The van der Waals surface area contributed by atoms with Crippen LogP contribution in [0.2, 0.25) is 0 Å². The first kappa shape index (κ1) is 18.7. The summed E-state index contributed by atoms with van der Waals surface area (Å²) in [6, 6.07) is 10.6. The predicted octanol–water partition coefficient (Wildman–Crippen LogP) is 5.07. The first-order valence-electron chi connectivity index (χ1n) is 9.82. The van der Waals surface area contributed by atoms with Crippen molar-refractivity contribution in [3.63, 3.8) is 0 Å². The van der Waals surface area contributed by atoms with Gasteiger partial charge in [0.15, 0.2) is 0 Å². The van der Waals surface area contributed by atoms with Gasteiger partial charge in [-0.05, 0) is 38.3 Å². The lowest BCUT2D eigenvalue weighted by atomic mass is 9.97. The average Bonchev–Trinajstić information content (AvgIpc) is 3.42. The van der Waals surface area contributed by atoms with Crippen molar-refractivity contribution in [2.75, 3.05) is 0 Å². The number of thiocarbonyl (C=S) groups is 1. The highest BCUT2D eigenvalue weighted by molar-refractivity contribution is 7.81. The number of hydrogen-bond donors (Lipinski definition) is 3. The van der Waals surface area contributed by atoms with E-state index in [1.54, 1.807) is 0 Å². The van der Waals surface area contributed by atoms with E-state index in [0.717, 1.165) is 45.7 Å². The molecule has 1 aromatic carbocycles. The quantitative estimate of drug-likeness (QED) is 0.420. The van der Waals surface area contributed by atoms with Gasteiger partial charge in [-0.25, -0.2) is 0 Å². The van der Waals surface area contributed by atoms with Gasteiger partial charge in [0.2, 0.25) is 0 Å². The first-order valence-corrected chi connectivity index (χ1v) is 10.2. The standard InChI is InChI=1S/C23H25N3OS/c1-14-7-9-16(10-8-14)19-13-24-15(2)21(19)22(28)17-11-20(25-12-17)23(27)26-18-5-3-4-6-18/h7-13,18,24-25H,3-6H2,1-2H3,(H,26,27). The summed E-state index contributed by atoms with van der Waals surface area (Å²) in [5, 5.41) is 3.12. The van der Waals surface area contributed by atoms with Crippen LogP contribution >= 0.6 is 12.2 Å². The highest BCUT2D eigenvalue weighted by Crippen LogP contribution is 2.29. The third kappa shape index (κ3) is 3.67. The van der Waals surface area contributed by atoms with Crippen LogP contribution in [0.1, 0.15) is 58.6 Å². The van der Waals surface area contributed by atoms with Crippen LogP contribution in [0.25, 0.3) is 11.1 Å². The highest BCUT2D eigenvalue weighted by atomic mass is 32.1. The molecule has 4 nitrogen and oxygen atoms in total. The van der Waals surface area contributed by atoms with Crippen molar-refractivity contribution in [3.8, 4) is 11.1 Å². The van der Waals surface area contributed by atoms with Crippen LogP contribution in [0.15, 0.2) is 42.7 Å². The number of aryl methyl sites for hydroxylation is 2. The number of H-pyrrole nitrogens is 2. The molecule has 1 aliphatic carbocycles. The Morgan fingerprint density at radius 2 is 1.79 bits per heavy atom. The molecule has 2 aromatic heterocycles. The molecule has 1 aliphatic rings. The zero-order valence-electron chi connectivity index (χ0n) is 16.3. The molecule has 0 saturated heterocycles. The minimum atomic E-state index is -0.0505. The zero-order valence-corrected chi connectivity index (χ0v) is 17.1. The zero-order chi connectivity index (χ0) is 19.7. The number of nitrogens with one attached hydrogen (secondary N) is 3. The Morgan fingerprint density at radius 3 is 2.50 bits per heavy atom. The Kier molecular flexibility index (Phi) is 5.18. The minimum Gasteiger partial charge on any atom is -0.364 e. The van der Waals surface area contributed by atoms with Gasteiger partial charge in [0, 0.05) is 40.8 Å². The lowest BCUT2D eigenvalue weighted by Crippen LogP contribution is -2.32. The number of amides is 1. The molecule has 0 atom stereocenters. The fraction of sp³-hybridized carbons (Fsp3) is 0.304. The summed E-state index contributed by atoms with van der Waals surface area (Å²) in [4.78, 5) is 19.7. The van der Waals surface area contributed by atoms with Crippen LogP contribution in [-0.4, -0.2) is 26.8 Å². The van der Waals surface area contributed by atoms with E-state index in [2.05, 4.69) is 46.5 Å². The van der Waals surface area contributed by atoms with Crippen molar-refractivity contribution in [1.29, 1.82) is 0 Å². The smallest absolute Gasteiger partial charge is 0.267 e. The van der Waals surface area contributed by atoms with Crippen molar-refractivity contribution in [1.82, 2.24) is 15.3 Å². The van der Waals surface area contributed by atoms with Crippen LogP contribution in [0.5, 0.6) is 0 Å². The molecule has 28 heavy (non-hydrogen) atoms. The van der Waals surface area contributed by atoms with Crippen molar-refractivity contribution < 1.29 is 4.79 Å². The second kappa shape index (κ2) is 7.76. The fourth-order valence-corrected chi connectivity index (χ4v) is 4.30. The molecule has 0 bridgehead atoms. The Balaban J connectivity index is 1.59. The van der Waals surface area contributed by atoms with Crippen LogP contribution in [0, 0.1) is 13.8 Å². The fourth-order valence-electron chi connectivity index (χ4n) is 3.91. The van der Waals surface area contributed by atoms with Crippen LogP contribution < -0.4 is 5.32 Å². The van der Waals surface area contributed by atoms with E-state index >= 15 is 0 Å². The maximum absolute atomic E-state index is 12.5. The molecular formula is C23H25N3OS. The molecule has 0 aliphatic heterocycles. The summed E-state index contributed by atoms with van der Waals surface area (Å²) in [6.45, 7) is 4.11. The molecular weight excluding hydrogens is 366 g/mol. The number of carbonyl (C=O) groups is 1. The molecule has 1 saturated carbocycles. The van der Waals surface area contributed by atoms with Crippen LogP contribution in [0.3, 0.4) is 0 Å². The van der Waals surface area contributed by atoms with Crippen LogP contribution in [0.4, 0.5) is 0 Å². The maximum atomic E-state index is 12.5. The number of hydrogen-bond acceptors (Lipinski definition) is 2. The van der Waals surface area contributed by atoms with Crippen molar-refractivity contribution in [2.45, 2.75) is 45.6 Å². The third-order valence-corrected chi connectivity index (χ3v) is 5.99. The van der Waals surface area contributed by atoms with E-state index in [9.17, 15) is 4.79 Å². The Morgan fingerprint density at radius 1 is 1.07 bits per heavy atom. The normalized spacial score (nSPS) is 14.4. The van der Waals surface area contributed by atoms with E-state index in [-0.39, 0.29) is 5.91 Å². The first-order chi connectivity index (χ1) is 13.5. The largest absolute Gasteiger partial charge is 0.364 e. The molecule has 5 heteroatoms. The van der Waals surface area contributed by atoms with E-state index in [1.165, 1.54) is 18.4 Å². The second-order valence-corrected chi connectivity index (χ2v) is 8.06. The van der Waals surface area contributed by atoms with E-state index < -0.39 is 0 Å². The lowest BCUT2D eigenvalue weighted by molar-refractivity contribution is 0.0933. The van der Waals surface area contributed by atoms with Gasteiger partial charge in [0.25, 0.3) is 5.91 Å². The van der Waals surface area contributed by atoms with Gasteiger partial charge in [0.1, 0.15) is 5.69 Å². The molecule has 0 unspecified atom stereocenters. The maximum Gasteiger partial charge on any atom is 0.267 e. The van der Waals surface area contributed by atoms with Crippen molar-refractivity contribution >= 4 is 23.0 Å². The number of benzene rings is 1. The summed E-state index contributed by atoms with van der Waals surface area (Å²) >= 11 is 5.81.